The van der Waals surface area contributed by atoms with Crippen LogP contribution in [0.1, 0.15) is 54.5 Å². The number of carbonyl (C=O) groups excluding carboxylic acids is 1. The molecule has 240 valence electrons. The van der Waals surface area contributed by atoms with E-state index in [9.17, 15) is 22.4 Å². The van der Waals surface area contributed by atoms with Gasteiger partial charge in [0.15, 0.2) is 5.09 Å². The van der Waals surface area contributed by atoms with Crippen LogP contribution in [0.4, 0.5) is 17.6 Å². The maximum Gasteiger partial charge on any atom is 0.398 e. The van der Waals surface area contributed by atoms with Gasteiger partial charge in [-0.25, -0.2) is 9.37 Å². The van der Waals surface area contributed by atoms with Crippen molar-refractivity contribution < 1.29 is 36.9 Å². The number of fused-ring (bicyclic) bond motifs is 1. The van der Waals surface area contributed by atoms with Gasteiger partial charge >= 0.3 is 6.18 Å². The van der Waals surface area contributed by atoms with Crippen molar-refractivity contribution in [3.8, 4) is 17.0 Å². The third-order valence-corrected chi connectivity index (χ3v) is 7.63. The Morgan fingerprint density at radius 1 is 1.23 bits per heavy atom. The summed E-state index contributed by atoms with van der Waals surface area (Å²) in [6.45, 7) is 7.66. The molecule has 0 saturated heterocycles. The first-order valence-corrected chi connectivity index (χ1v) is 14.7. The second-order valence-electron chi connectivity index (χ2n) is 9.84. The number of alkyl halides is 3. The number of nitrogens with one attached hydrogen (secondary N) is 1. The van der Waals surface area contributed by atoms with Crippen LogP contribution in [0, 0.1) is 19.7 Å². The van der Waals surface area contributed by atoms with E-state index < -0.39 is 24.5 Å². The minimum Gasteiger partial charge on any atom is -0.491 e. The van der Waals surface area contributed by atoms with Gasteiger partial charge in [-0.2, -0.15) is 13.2 Å². The van der Waals surface area contributed by atoms with Gasteiger partial charge in [0, 0.05) is 28.5 Å². The molecular formula is C32H39F4N3O4S. The van der Waals surface area contributed by atoms with Gasteiger partial charge in [-0.3, -0.25) is 4.79 Å². The number of rotatable bonds is 9. The summed E-state index contributed by atoms with van der Waals surface area (Å²) in [7, 11) is 1.72. The lowest BCUT2D eigenvalue weighted by Gasteiger charge is -2.21. The molecule has 0 spiro atoms. The molecule has 2 aromatic carbocycles. The summed E-state index contributed by atoms with van der Waals surface area (Å²) < 4.78 is 64.6. The molecule has 2 unspecified atom stereocenters. The van der Waals surface area contributed by atoms with Crippen LogP contribution in [-0.4, -0.2) is 49.7 Å². The van der Waals surface area contributed by atoms with Crippen LogP contribution in [0.15, 0.2) is 64.6 Å². The normalized spacial score (nSPS) is 14.6. The number of nitrogens with two attached hydrogens (primary N) is 1. The lowest BCUT2D eigenvalue weighted by Crippen LogP contribution is -2.32. The summed E-state index contributed by atoms with van der Waals surface area (Å²) in [4.78, 5) is 15.9. The number of aliphatic hydroxyl groups excluding tert-OH is 1. The second-order valence-corrected chi connectivity index (χ2v) is 10.9. The minimum atomic E-state index is -4.58. The molecule has 0 bridgehead atoms. The lowest BCUT2D eigenvalue weighted by atomic mass is 9.95. The van der Waals surface area contributed by atoms with Crippen LogP contribution in [0.2, 0.25) is 0 Å². The summed E-state index contributed by atoms with van der Waals surface area (Å²) in [6, 6.07) is 13.2. The highest BCUT2D eigenvalue weighted by Crippen LogP contribution is 2.44. The Hall–Kier alpha value is -3.61. The van der Waals surface area contributed by atoms with Crippen LogP contribution in [0.3, 0.4) is 0 Å². The number of aryl methyl sites for hydroxylation is 2. The fourth-order valence-corrected chi connectivity index (χ4v) is 5.21. The number of methoxy groups -OCH3 is 1. The highest BCUT2D eigenvalue weighted by molar-refractivity contribution is 8.03. The van der Waals surface area contributed by atoms with E-state index in [1.165, 1.54) is 46.4 Å². The molecule has 1 aliphatic heterocycles. The van der Waals surface area contributed by atoms with E-state index in [0.717, 1.165) is 11.5 Å². The highest BCUT2D eigenvalue weighted by atomic mass is 32.2. The topological polar surface area (TPSA) is 107 Å². The number of pyridine rings is 1. The maximum atomic E-state index is 13.5. The standard InChI is InChI=1S/C18H16F4N2O2.C13H18OS.CH5NO/c1-10-8-26-17-13(10)6-15(14(7-23-9-25)18(20,21)22)24-16(17)11-2-4-12(19)5-3-11;1-5-6-13(14-4)15-12-9-10(2)7-8-11(12)3;2-1-3/h2-6,9-10,14H,7-8H2,1H3,(H,23,25);6-9H,5H2,1-4H3;3H,1-2H2/b;13-6+;. The van der Waals surface area contributed by atoms with Gasteiger partial charge in [0.25, 0.3) is 0 Å². The van der Waals surface area contributed by atoms with Crippen LogP contribution in [-0.2, 0) is 9.53 Å². The van der Waals surface area contributed by atoms with E-state index >= 15 is 0 Å². The molecule has 1 aromatic heterocycles. The molecule has 0 aliphatic carbocycles. The number of aliphatic hydroxyl groups is 1. The summed E-state index contributed by atoms with van der Waals surface area (Å²) in [5, 5.41) is 10.4. The first-order chi connectivity index (χ1) is 20.9. The number of carbonyl (C=O) groups is 1. The maximum absolute atomic E-state index is 13.5. The molecule has 2 heterocycles. The molecule has 44 heavy (non-hydrogen) atoms. The molecule has 0 radical (unpaired) electrons. The smallest absolute Gasteiger partial charge is 0.398 e. The van der Waals surface area contributed by atoms with Crippen LogP contribution >= 0.6 is 11.8 Å². The van der Waals surface area contributed by atoms with Crippen molar-refractivity contribution in [2.45, 2.75) is 57.0 Å². The van der Waals surface area contributed by atoms with Crippen molar-refractivity contribution in [1.82, 2.24) is 10.3 Å². The quantitative estimate of drug-likeness (QED) is 0.0766. The average Bonchev–Trinajstić information content (AvgIpc) is 3.35. The number of ether oxygens (including phenoxy) is 2. The zero-order valence-electron chi connectivity index (χ0n) is 25.4. The van der Waals surface area contributed by atoms with Gasteiger partial charge < -0.3 is 25.6 Å². The lowest BCUT2D eigenvalue weighted by molar-refractivity contribution is -0.150. The Balaban J connectivity index is 0.000000318. The van der Waals surface area contributed by atoms with Crippen molar-refractivity contribution in [2.24, 2.45) is 5.73 Å². The summed E-state index contributed by atoms with van der Waals surface area (Å²) in [5.41, 5.74) is 8.10. The number of nitrogens with zero attached hydrogens (tertiary/aromatic N) is 1. The molecule has 12 heteroatoms. The van der Waals surface area contributed by atoms with Crippen molar-refractivity contribution in [3.63, 3.8) is 0 Å². The second kappa shape index (κ2) is 17.6. The number of hydrogen-bond donors (Lipinski definition) is 3. The molecule has 1 aliphatic rings. The molecule has 2 atom stereocenters. The Kier molecular flexibility index (Phi) is 14.7. The molecular weight excluding hydrogens is 598 g/mol. The Morgan fingerprint density at radius 2 is 1.89 bits per heavy atom. The summed E-state index contributed by atoms with van der Waals surface area (Å²) in [5.74, 6) is -2.10. The Morgan fingerprint density at radius 3 is 2.45 bits per heavy atom. The average molecular weight is 638 g/mol. The predicted molar refractivity (Wildman–Crippen MR) is 165 cm³/mol. The largest absolute Gasteiger partial charge is 0.491 e. The SMILES string of the molecule is CC/C=C(\OC)Sc1cc(C)ccc1C.CC1COc2c1cc(C(CNC=O)C(F)(F)F)nc2-c1ccc(F)cc1.NCO. The van der Waals surface area contributed by atoms with Gasteiger partial charge in [0.05, 0.1) is 26.1 Å². The number of halogens is 4. The predicted octanol–water partition coefficient (Wildman–Crippen LogP) is 6.96. The number of hydrogen-bond acceptors (Lipinski definition) is 7. The third kappa shape index (κ3) is 10.5. The van der Waals surface area contributed by atoms with E-state index in [-0.39, 0.29) is 30.4 Å². The van der Waals surface area contributed by atoms with E-state index in [2.05, 4.69) is 61.1 Å². The van der Waals surface area contributed by atoms with Crippen molar-refractivity contribution in [2.75, 3.05) is 27.0 Å². The summed E-state index contributed by atoms with van der Waals surface area (Å²) in [6.07, 6.45) is -1.26. The Labute approximate surface area is 259 Å². The fraction of sp³-hybridized carbons (Fsp3) is 0.375. The van der Waals surface area contributed by atoms with Crippen molar-refractivity contribution in [1.29, 1.82) is 0 Å². The third-order valence-electron chi connectivity index (χ3n) is 6.43. The zero-order valence-corrected chi connectivity index (χ0v) is 26.2. The monoisotopic (exact) mass is 637 g/mol. The number of amides is 1. The van der Waals surface area contributed by atoms with Gasteiger partial charge in [-0.1, -0.05) is 37.7 Å². The fourth-order valence-electron chi connectivity index (χ4n) is 4.18. The van der Waals surface area contributed by atoms with Crippen molar-refractivity contribution >= 4 is 18.2 Å². The Bertz CT molecular complexity index is 1390. The van der Waals surface area contributed by atoms with Crippen molar-refractivity contribution in [3.05, 3.63) is 87.9 Å². The molecule has 4 rings (SSSR count). The molecule has 3 aromatic rings. The minimum absolute atomic E-state index is 0.0983. The van der Waals surface area contributed by atoms with Gasteiger partial charge in [-0.15, -0.1) is 0 Å². The van der Waals surface area contributed by atoms with E-state index in [4.69, 9.17) is 14.6 Å². The molecule has 0 saturated carbocycles. The number of aromatic nitrogens is 1. The molecule has 4 N–H and O–H groups in total. The molecule has 0 fully saturated rings. The van der Waals surface area contributed by atoms with Crippen LogP contribution < -0.4 is 15.8 Å². The van der Waals surface area contributed by atoms with Gasteiger partial charge in [0.1, 0.15) is 23.2 Å². The van der Waals surface area contributed by atoms with Gasteiger partial charge in [-0.05, 0) is 73.9 Å². The first kappa shape index (κ1) is 36.6. The molecule has 1 amide bonds. The van der Waals surface area contributed by atoms with Gasteiger partial charge in [0.2, 0.25) is 6.41 Å². The van der Waals surface area contributed by atoms with E-state index in [1.54, 1.807) is 18.9 Å². The van der Waals surface area contributed by atoms with E-state index in [1.807, 2.05) is 6.92 Å². The number of allylic oxidation sites excluding steroid dienone is 1. The van der Waals surface area contributed by atoms with Crippen LogP contribution in [0.5, 0.6) is 5.75 Å². The highest BCUT2D eigenvalue weighted by Gasteiger charge is 2.42. The number of thioether (sulfide) groups is 1. The first-order valence-electron chi connectivity index (χ1n) is 13.9. The molecule has 7 nitrogen and oxygen atoms in total. The van der Waals surface area contributed by atoms with Crippen LogP contribution in [0.25, 0.3) is 11.3 Å². The van der Waals surface area contributed by atoms with E-state index in [0.29, 0.717) is 23.5 Å². The zero-order chi connectivity index (χ0) is 32.9. The number of benzene rings is 2. The summed E-state index contributed by atoms with van der Waals surface area (Å²) >= 11 is 1.69.